The normalized spacial score (nSPS) is 21.5. The number of carboxylic acids is 1. The van der Waals surface area contributed by atoms with E-state index in [-0.39, 0.29) is 30.0 Å². The van der Waals surface area contributed by atoms with Gasteiger partial charge in [-0.15, -0.1) is 0 Å². The van der Waals surface area contributed by atoms with E-state index >= 15 is 0 Å². The van der Waals surface area contributed by atoms with Crippen molar-refractivity contribution in [3.05, 3.63) is 35.4 Å². The third-order valence-corrected chi connectivity index (χ3v) is 5.29. The Morgan fingerprint density at radius 1 is 1.04 bits per heavy atom. The van der Waals surface area contributed by atoms with Gasteiger partial charge in [0.05, 0.1) is 6.04 Å². The van der Waals surface area contributed by atoms with Gasteiger partial charge in [0.25, 0.3) is 5.91 Å². The summed E-state index contributed by atoms with van der Waals surface area (Å²) in [7, 11) is 0. The maximum Gasteiger partial charge on any atom is 0.323 e. The molecule has 3 rings (SSSR count). The Morgan fingerprint density at radius 2 is 1.75 bits per heavy atom. The molecule has 1 aromatic rings. The minimum absolute atomic E-state index is 0.0885. The summed E-state index contributed by atoms with van der Waals surface area (Å²) < 4.78 is 26.4. The molecule has 7 nitrogen and oxygen atoms in total. The first-order valence-corrected chi connectivity index (χ1v) is 9.36. The minimum Gasteiger partial charge on any atom is -0.480 e. The van der Waals surface area contributed by atoms with Gasteiger partial charge in [0.15, 0.2) is 11.6 Å². The molecule has 152 valence electrons. The SMILES string of the molecule is O=C(O)CN1CCCCC(N2CCN(C(=O)c3ccc(F)c(F)c3)CC2)C1=O. The zero-order valence-electron chi connectivity index (χ0n) is 15.4. The number of likely N-dealkylation sites (tertiary alicyclic amines) is 1. The van der Waals surface area contributed by atoms with Crippen LogP contribution in [0.15, 0.2) is 18.2 Å². The van der Waals surface area contributed by atoms with E-state index in [9.17, 15) is 23.2 Å². The second-order valence-electron chi connectivity index (χ2n) is 7.12. The van der Waals surface area contributed by atoms with Crippen LogP contribution in [0.5, 0.6) is 0 Å². The van der Waals surface area contributed by atoms with Crippen molar-refractivity contribution in [2.75, 3.05) is 39.3 Å². The highest BCUT2D eigenvalue weighted by atomic mass is 19.2. The van der Waals surface area contributed by atoms with Gasteiger partial charge in [-0.3, -0.25) is 19.3 Å². The predicted octanol–water partition coefficient (Wildman–Crippen LogP) is 1.19. The molecule has 2 heterocycles. The van der Waals surface area contributed by atoms with Crippen LogP contribution in [-0.2, 0) is 9.59 Å². The number of halogens is 2. The number of nitrogens with zero attached hydrogens (tertiary/aromatic N) is 3. The fourth-order valence-electron chi connectivity index (χ4n) is 3.79. The lowest BCUT2D eigenvalue weighted by Crippen LogP contribution is -2.56. The third kappa shape index (κ3) is 4.46. The molecular weight excluding hydrogens is 372 g/mol. The second kappa shape index (κ2) is 8.64. The molecule has 2 aliphatic heterocycles. The molecule has 2 aliphatic rings. The van der Waals surface area contributed by atoms with Crippen molar-refractivity contribution in [1.82, 2.24) is 14.7 Å². The molecule has 1 atom stereocenters. The van der Waals surface area contributed by atoms with Crippen LogP contribution in [0.25, 0.3) is 0 Å². The molecule has 0 saturated carbocycles. The van der Waals surface area contributed by atoms with Crippen LogP contribution in [0.1, 0.15) is 29.6 Å². The maximum absolute atomic E-state index is 13.4. The molecule has 2 saturated heterocycles. The number of carbonyl (C=O) groups excluding carboxylic acids is 2. The average Bonchev–Trinajstić information content (AvgIpc) is 2.85. The first kappa shape index (κ1) is 20.2. The Labute approximate surface area is 161 Å². The van der Waals surface area contributed by atoms with Gasteiger partial charge in [-0.1, -0.05) is 0 Å². The maximum atomic E-state index is 13.4. The first-order valence-electron chi connectivity index (χ1n) is 9.36. The minimum atomic E-state index is -1.06. The smallest absolute Gasteiger partial charge is 0.323 e. The van der Waals surface area contributed by atoms with Crippen LogP contribution in [0.4, 0.5) is 8.78 Å². The van der Waals surface area contributed by atoms with Crippen LogP contribution in [-0.4, -0.2) is 82.9 Å². The summed E-state index contributed by atoms with van der Waals surface area (Å²) in [4.78, 5) is 41.2. The summed E-state index contributed by atoms with van der Waals surface area (Å²) >= 11 is 0. The van der Waals surface area contributed by atoms with Gasteiger partial charge in [-0.2, -0.15) is 0 Å². The number of benzene rings is 1. The van der Waals surface area contributed by atoms with Gasteiger partial charge in [0, 0.05) is 38.3 Å². The summed E-state index contributed by atoms with van der Waals surface area (Å²) in [6, 6.07) is 2.69. The Hall–Kier alpha value is -2.55. The molecule has 0 radical (unpaired) electrons. The van der Waals surface area contributed by atoms with Crippen molar-refractivity contribution >= 4 is 17.8 Å². The lowest BCUT2D eigenvalue weighted by atomic mass is 10.1. The van der Waals surface area contributed by atoms with E-state index < -0.39 is 17.6 Å². The van der Waals surface area contributed by atoms with E-state index in [2.05, 4.69) is 0 Å². The van der Waals surface area contributed by atoms with Crippen molar-refractivity contribution in [2.45, 2.75) is 25.3 Å². The fraction of sp³-hybridized carbons (Fsp3) is 0.526. The highest BCUT2D eigenvalue weighted by molar-refractivity contribution is 5.94. The van der Waals surface area contributed by atoms with Gasteiger partial charge in [-0.25, -0.2) is 8.78 Å². The quantitative estimate of drug-likeness (QED) is 0.828. The average molecular weight is 395 g/mol. The van der Waals surface area contributed by atoms with Crippen molar-refractivity contribution in [3.8, 4) is 0 Å². The number of amides is 2. The van der Waals surface area contributed by atoms with Gasteiger partial charge in [0.1, 0.15) is 6.54 Å². The van der Waals surface area contributed by atoms with Crippen LogP contribution in [0, 0.1) is 11.6 Å². The standard InChI is InChI=1S/C19H23F2N3O4/c20-14-5-4-13(11-15(14)21)18(27)23-9-7-22(8-10-23)16-3-1-2-6-24(19(16)28)12-17(25)26/h4-5,11,16H,1-3,6-10,12H2,(H,25,26). The molecule has 0 aromatic heterocycles. The largest absolute Gasteiger partial charge is 0.480 e. The van der Waals surface area contributed by atoms with E-state index in [1.165, 1.54) is 11.0 Å². The number of carboxylic acid groups (broad SMARTS) is 1. The van der Waals surface area contributed by atoms with Crippen LogP contribution in [0.2, 0.25) is 0 Å². The highest BCUT2D eigenvalue weighted by Crippen LogP contribution is 2.20. The van der Waals surface area contributed by atoms with Crippen molar-refractivity contribution in [3.63, 3.8) is 0 Å². The van der Waals surface area contributed by atoms with Crippen molar-refractivity contribution in [1.29, 1.82) is 0 Å². The predicted molar refractivity (Wildman–Crippen MR) is 95.7 cm³/mol. The van der Waals surface area contributed by atoms with Gasteiger partial charge < -0.3 is 14.9 Å². The molecule has 9 heteroatoms. The summed E-state index contributed by atoms with van der Waals surface area (Å²) in [6.45, 7) is 1.79. The zero-order chi connectivity index (χ0) is 20.3. The number of hydrogen-bond acceptors (Lipinski definition) is 4. The van der Waals surface area contributed by atoms with E-state index in [1.54, 1.807) is 4.90 Å². The molecule has 0 bridgehead atoms. The lowest BCUT2D eigenvalue weighted by molar-refractivity contribution is -0.146. The third-order valence-electron chi connectivity index (χ3n) is 5.29. The summed E-state index contributed by atoms with van der Waals surface area (Å²) in [5, 5.41) is 9.01. The molecule has 1 N–H and O–H groups in total. The number of carbonyl (C=O) groups is 3. The number of hydrogen-bond donors (Lipinski definition) is 1. The molecule has 2 fully saturated rings. The Morgan fingerprint density at radius 3 is 2.39 bits per heavy atom. The zero-order valence-corrected chi connectivity index (χ0v) is 15.4. The number of rotatable bonds is 4. The lowest BCUT2D eigenvalue weighted by Gasteiger charge is -2.39. The molecule has 1 unspecified atom stereocenters. The van der Waals surface area contributed by atoms with E-state index in [1.807, 2.05) is 4.90 Å². The number of aliphatic carboxylic acids is 1. The molecular formula is C19H23F2N3O4. The monoisotopic (exact) mass is 395 g/mol. The van der Waals surface area contributed by atoms with Crippen LogP contribution >= 0.6 is 0 Å². The van der Waals surface area contributed by atoms with E-state index in [0.717, 1.165) is 25.0 Å². The summed E-state index contributed by atoms with van der Waals surface area (Å²) in [5.74, 6) is -3.65. The van der Waals surface area contributed by atoms with E-state index in [0.29, 0.717) is 39.1 Å². The summed E-state index contributed by atoms with van der Waals surface area (Å²) in [5.41, 5.74) is 0.0885. The highest BCUT2D eigenvalue weighted by Gasteiger charge is 2.35. The Balaban J connectivity index is 1.62. The molecule has 1 aromatic carbocycles. The van der Waals surface area contributed by atoms with Crippen molar-refractivity contribution in [2.24, 2.45) is 0 Å². The Kier molecular flexibility index (Phi) is 6.23. The van der Waals surface area contributed by atoms with E-state index in [4.69, 9.17) is 5.11 Å². The molecule has 0 spiro atoms. The topological polar surface area (TPSA) is 81.2 Å². The van der Waals surface area contributed by atoms with Gasteiger partial charge in [0.2, 0.25) is 5.91 Å². The van der Waals surface area contributed by atoms with Crippen LogP contribution in [0.3, 0.4) is 0 Å². The van der Waals surface area contributed by atoms with Gasteiger partial charge in [-0.05, 0) is 37.5 Å². The fourth-order valence-corrected chi connectivity index (χ4v) is 3.79. The number of piperazine rings is 1. The van der Waals surface area contributed by atoms with Crippen molar-refractivity contribution < 1.29 is 28.3 Å². The summed E-state index contributed by atoms with van der Waals surface area (Å²) in [6.07, 6.45) is 2.26. The Bertz CT molecular complexity index is 766. The second-order valence-corrected chi connectivity index (χ2v) is 7.12. The van der Waals surface area contributed by atoms with Gasteiger partial charge >= 0.3 is 5.97 Å². The molecule has 28 heavy (non-hydrogen) atoms. The molecule has 0 aliphatic carbocycles. The molecule has 2 amide bonds. The van der Waals surface area contributed by atoms with Crippen LogP contribution < -0.4 is 0 Å². The first-order chi connectivity index (χ1) is 13.4.